The van der Waals surface area contributed by atoms with Crippen LogP contribution in [0.5, 0.6) is 5.75 Å². The summed E-state index contributed by atoms with van der Waals surface area (Å²) in [7, 11) is 1.67. The Balaban J connectivity index is 2.00. The van der Waals surface area contributed by atoms with Crippen LogP contribution in [-0.2, 0) is 5.60 Å². The van der Waals surface area contributed by atoms with Crippen molar-refractivity contribution in [3.05, 3.63) is 29.8 Å². The van der Waals surface area contributed by atoms with Crippen molar-refractivity contribution < 1.29 is 9.84 Å². The van der Waals surface area contributed by atoms with Crippen LogP contribution < -0.4 is 4.74 Å². The first-order valence-electron chi connectivity index (χ1n) is 5.64. The molecule has 1 aromatic carbocycles. The van der Waals surface area contributed by atoms with Crippen molar-refractivity contribution in [2.45, 2.75) is 24.9 Å². The molecule has 2 saturated carbocycles. The number of hydrogen-bond donors (Lipinski definition) is 1. The van der Waals surface area contributed by atoms with Gasteiger partial charge in [-0.2, -0.15) is 0 Å². The number of para-hydroxylation sites is 1. The van der Waals surface area contributed by atoms with Crippen LogP contribution in [-0.4, -0.2) is 12.2 Å². The normalized spacial score (nSPS) is 37.5. The summed E-state index contributed by atoms with van der Waals surface area (Å²) in [6, 6.07) is 7.85. The van der Waals surface area contributed by atoms with Gasteiger partial charge in [0.25, 0.3) is 0 Å². The standard InChI is InChI=1S/C13H16O2/c1-15-12-8-3-2-5-11(12)13(14)9-6-4-7-10(9)13/h2-3,5,8-10,14H,4,6-7H2,1H3. The molecule has 0 aromatic heterocycles. The maximum absolute atomic E-state index is 10.6. The highest BCUT2D eigenvalue weighted by atomic mass is 16.5. The predicted octanol–water partition coefficient (Wildman–Crippen LogP) is 2.31. The first-order valence-corrected chi connectivity index (χ1v) is 5.64. The fraction of sp³-hybridized carbons (Fsp3) is 0.538. The molecule has 0 amide bonds. The van der Waals surface area contributed by atoms with Gasteiger partial charge in [0.2, 0.25) is 0 Å². The van der Waals surface area contributed by atoms with E-state index >= 15 is 0 Å². The highest BCUT2D eigenvalue weighted by Crippen LogP contribution is 2.67. The first kappa shape index (κ1) is 9.22. The van der Waals surface area contributed by atoms with Gasteiger partial charge in [-0.3, -0.25) is 0 Å². The van der Waals surface area contributed by atoms with Crippen molar-refractivity contribution in [1.29, 1.82) is 0 Å². The lowest BCUT2D eigenvalue weighted by atomic mass is 9.98. The van der Waals surface area contributed by atoms with Crippen LogP contribution in [0.25, 0.3) is 0 Å². The van der Waals surface area contributed by atoms with E-state index in [1.807, 2.05) is 24.3 Å². The Morgan fingerprint density at radius 1 is 1.27 bits per heavy atom. The minimum atomic E-state index is -0.579. The molecular weight excluding hydrogens is 188 g/mol. The van der Waals surface area contributed by atoms with Crippen LogP contribution >= 0.6 is 0 Å². The third kappa shape index (κ3) is 1.08. The van der Waals surface area contributed by atoms with Gasteiger partial charge in [0.05, 0.1) is 12.7 Å². The topological polar surface area (TPSA) is 29.5 Å². The quantitative estimate of drug-likeness (QED) is 0.801. The zero-order chi connectivity index (χ0) is 10.5. The van der Waals surface area contributed by atoms with E-state index in [2.05, 4.69) is 0 Å². The zero-order valence-corrected chi connectivity index (χ0v) is 8.94. The molecule has 2 heteroatoms. The van der Waals surface area contributed by atoms with E-state index < -0.39 is 5.60 Å². The van der Waals surface area contributed by atoms with Crippen molar-refractivity contribution in [3.8, 4) is 5.75 Å². The number of ether oxygens (including phenoxy) is 1. The van der Waals surface area contributed by atoms with E-state index in [-0.39, 0.29) is 0 Å². The Kier molecular flexibility index (Phi) is 1.84. The fourth-order valence-electron chi connectivity index (χ4n) is 3.30. The number of methoxy groups -OCH3 is 1. The summed E-state index contributed by atoms with van der Waals surface area (Å²) in [5.74, 6) is 1.79. The van der Waals surface area contributed by atoms with Gasteiger partial charge in [-0.15, -0.1) is 0 Å². The smallest absolute Gasteiger partial charge is 0.124 e. The molecule has 2 unspecified atom stereocenters. The molecule has 2 nitrogen and oxygen atoms in total. The highest BCUT2D eigenvalue weighted by molar-refractivity contribution is 5.44. The first-order chi connectivity index (χ1) is 7.28. The Bertz CT molecular complexity index is 376. The lowest BCUT2D eigenvalue weighted by Gasteiger charge is -2.17. The Labute approximate surface area is 89.9 Å². The van der Waals surface area contributed by atoms with E-state index in [4.69, 9.17) is 4.74 Å². The monoisotopic (exact) mass is 204 g/mol. The zero-order valence-electron chi connectivity index (χ0n) is 8.94. The third-order valence-electron chi connectivity index (χ3n) is 4.08. The summed E-state index contributed by atoms with van der Waals surface area (Å²) in [6.45, 7) is 0. The molecule has 0 bridgehead atoms. The molecule has 80 valence electrons. The number of hydrogen-bond acceptors (Lipinski definition) is 2. The van der Waals surface area contributed by atoms with Crippen molar-refractivity contribution in [2.24, 2.45) is 11.8 Å². The van der Waals surface area contributed by atoms with Crippen molar-refractivity contribution in [1.82, 2.24) is 0 Å². The lowest BCUT2D eigenvalue weighted by Crippen LogP contribution is -2.14. The van der Waals surface area contributed by atoms with Crippen LogP contribution in [0.4, 0.5) is 0 Å². The van der Waals surface area contributed by atoms with E-state index in [0.29, 0.717) is 11.8 Å². The van der Waals surface area contributed by atoms with E-state index in [1.165, 1.54) is 19.3 Å². The van der Waals surface area contributed by atoms with E-state index in [0.717, 1.165) is 11.3 Å². The number of aliphatic hydroxyl groups is 1. The Hall–Kier alpha value is -1.02. The van der Waals surface area contributed by atoms with Gasteiger partial charge in [0.15, 0.2) is 0 Å². The Morgan fingerprint density at radius 2 is 1.93 bits per heavy atom. The highest BCUT2D eigenvalue weighted by Gasteiger charge is 2.67. The molecular formula is C13H16O2. The number of fused-ring (bicyclic) bond motifs is 1. The van der Waals surface area contributed by atoms with Crippen LogP contribution in [0, 0.1) is 11.8 Å². The molecule has 2 fully saturated rings. The van der Waals surface area contributed by atoms with Gasteiger partial charge < -0.3 is 9.84 Å². The van der Waals surface area contributed by atoms with Crippen LogP contribution in [0.1, 0.15) is 24.8 Å². The lowest BCUT2D eigenvalue weighted by molar-refractivity contribution is 0.102. The van der Waals surface area contributed by atoms with Gasteiger partial charge in [-0.1, -0.05) is 24.6 Å². The molecule has 1 N–H and O–H groups in total. The summed E-state index contributed by atoms with van der Waals surface area (Å²) in [6.07, 6.45) is 3.60. The average Bonchev–Trinajstić information content (AvgIpc) is 2.71. The van der Waals surface area contributed by atoms with Crippen LogP contribution in [0.3, 0.4) is 0 Å². The van der Waals surface area contributed by atoms with Gasteiger partial charge in [0, 0.05) is 5.56 Å². The van der Waals surface area contributed by atoms with Crippen molar-refractivity contribution in [2.75, 3.05) is 7.11 Å². The van der Waals surface area contributed by atoms with Gasteiger partial charge in [-0.05, 0) is 30.7 Å². The number of rotatable bonds is 2. The van der Waals surface area contributed by atoms with Gasteiger partial charge in [-0.25, -0.2) is 0 Å². The maximum Gasteiger partial charge on any atom is 0.124 e. The molecule has 0 aliphatic heterocycles. The Morgan fingerprint density at radius 3 is 2.60 bits per heavy atom. The molecule has 1 aromatic rings. The second-order valence-electron chi connectivity index (χ2n) is 4.67. The number of benzene rings is 1. The summed E-state index contributed by atoms with van der Waals surface area (Å²) in [5, 5.41) is 10.6. The maximum atomic E-state index is 10.6. The predicted molar refractivity (Wildman–Crippen MR) is 57.7 cm³/mol. The molecule has 2 aliphatic carbocycles. The fourth-order valence-corrected chi connectivity index (χ4v) is 3.30. The third-order valence-corrected chi connectivity index (χ3v) is 4.08. The average molecular weight is 204 g/mol. The molecule has 0 heterocycles. The molecule has 0 saturated heterocycles. The van der Waals surface area contributed by atoms with Crippen LogP contribution in [0.2, 0.25) is 0 Å². The summed E-state index contributed by atoms with van der Waals surface area (Å²) < 4.78 is 5.32. The second kappa shape index (κ2) is 2.99. The molecule has 2 atom stereocenters. The van der Waals surface area contributed by atoms with Gasteiger partial charge in [0.1, 0.15) is 5.75 Å². The largest absolute Gasteiger partial charge is 0.496 e. The molecule has 0 radical (unpaired) electrons. The van der Waals surface area contributed by atoms with Crippen molar-refractivity contribution in [3.63, 3.8) is 0 Å². The SMILES string of the molecule is COc1ccccc1C1(O)C2CCCC21. The van der Waals surface area contributed by atoms with Crippen molar-refractivity contribution >= 4 is 0 Å². The minimum absolute atomic E-state index is 0.480. The second-order valence-corrected chi connectivity index (χ2v) is 4.67. The summed E-state index contributed by atoms with van der Waals surface area (Å²) >= 11 is 0. The molecule has 3 rings (SSSR count). The molecule has 0 spiro atoms. The summed E-state index contributed by atoms with van der Waals surface area (Å²) in [4.78, 5) is 0. The van der Waals surface area contributed by atoms with E-state index in [1.54, 1.807) is 7.11 Å². The van der Waals surface area contributed by atoms with Crippen LogP contribution in [0.15, 0.2) is 24.3 Å². The van der Waals surface area contributed by atoms with Gasteiger partial charge >= 0.3 is 0 Å². The molecule has 2 aliphatic rings. The minimum Gasteiger partial charge on any atom is -0.496 e. The molecule has 15 heavy (non-hydrogen) atoms. The summed E-state index contributed by atoms with van der Waals surface area (Å²) in [5.41, 5.74) is 0.410. The van der Waals surface area contributed by atoms with E-state index in [9.17, 15) is 5.11 Å².